The standard InChI is InChI=1S/C22H16ClF3N2O3S/c1-2-12-28(15-6-4-3-5-7-15)32(30,31)19-13-14(8-9-16(19)23)22(29)27-18-11-10-17(24)20(25)21(18)26/h2-11,13H,1,12H2,(H,27,29). The van der Waals surface area contributed by atoms with Crippen LogP contribution >= 0.6 is 11.6 Å². The highest BCUT2D eigenvalue weighted by atomic mass is 35.5. The third-order valence-electron chi connectivity index (χ3n) is 4.38. The van der Waals surface area contributed by atoms with Crippen molar-refractivity contribution in [3.05, 3.63) is 101 Å². The smallest absolute Gasteiger partial charge is 0.266 e. The van der Waals surface area contributed by atoms with Crippen LogP contribution in [0.2, 0.25) is 5.02 Å². The number of para-hydroxylation sites is 1. The van der Waals surface area contributed by atoms with Crippen molar-refractivity contribution in [2.24, 2.45) is 0 Å². The van der Waals surface area contributed by atoms with Gasteiger partial charge in [0.05, 0.1) is 22.9 Å². The summed E-state index contributed by atoms with van der Waals surface area (Å²) < 4.78 is 68.1. The molecule has 5 nitrogen and oxygen atoms in total. The van der Waals surface area contributed by atoms with Crippen LogP contribution in [0.3, 0.4) is 0 Å². The minimum atomic E-state index is -4.23. The number of rotatable bonds is 7. The zero-order valence-corrected chi connectivity index (χ0v) is 17.9. The Labute approximate surface area is 187 Å². The Morgan fingerprint density at radius 2 is 1.72 bits per heavy atom. The first-order valence-electron chi connectivity index (χ1n) is 9.10. The Hall–Kier alpha value is -3.30. The summed E-state index contributed by atoms with van der Waals surface area (Å²) in [7, 11) is -4.23. The molecule has 0 aromatic heterocycles. The summed E-state index contributed by atoms with van der Waals surface area (Å²) >= 11 is 6.13. The third kappa shape index (κ3) is 4.63. The lowest BCUT2D eigenvalue weighted by Gasteiger charge is -2.24. The summed E-state index contributed by atoms with van der Waals surface area (Å²) in [4.78, 5) is 12.2. The SMILES string of the molecule is C=CCN(c1ccccc1)S(=O)(=O)c1cc(C(=O)Nc2ccc(F)c(F)c2F)ccc1Cl. The number of anilines is 2. The van der Waals surface area contributed by atoms with Crippen LogP contribution in [-0.2, 0) is 10.0 Å². The van der Waals surface area contributed by atoms with Gasteiger partial charge in [-0.25, -0.2) is 21.6 Å². The van der Waals surface area contributed by atoms with Crippen molar-refractivity contribution in [2.45, 2.75) is 4.90 Å². The van der Waals surface area contributed by atoms with Crippen molar-refractivity contribution in [3.63, 3.8) is 0 Å². The van der Waals surface area contributed by atoms with Gasteiger partial charge in [-0.15, -0.1) is 6.58 Å². The first-order chi connectivity index (χ1) is 15.2. The Balaban J connectivity index is 2.00. The number of hydrogen-bond acceptors (Lipinski definition) is 3. The molecule has 3 rings (SSSR count). The Morgan fingerprint density at radius 3 is 2.38 bits per heavy atom. The van der Waals surface area contributed by atoms with E-state index in [1.165, 1.54) is 18.2 Å². The minimum Gasteiger partial charge on any atom is -0.319 e. The van der Waals surface area contributed by atoms with Gasteiger partial charge in [0.1, 0.15) is 4.90 Å². The van der Waals surface area contributed by atoms with Gasteiger partial charge in [0.25, 0.3) is 15.9 Å². The van der Waals surface area contributed by atoms with E-state index in [-0.39, 0.29) is 22.0 Å². The van der Waals surface area contributed by atoms with E-state index in [2.05, 4.69) is 11.9 Å². The van der Waals surface area contributed by atoms with Gasteiger partial charge in [-0.05, 0) is 42.5 Å². The van der Waals surface area contributed by atoms with E-state index >= 15 is 0 Å². The Bertz CT molecular complexity index is 1290. The molecule has 0 saturated carbocycles. The van der Waals surface area contributed by atoms with Gasteiger partial charge in [0.2, 0.25) is 0 Å². The van der Waals surface area contributed by atoms with E-state index in [0.29, 0.717) is 11.8 Å². The first-order valence-corrected chi connectivity index (χ1v) is 10.9. The molecule has 0 unspecified atom stereocenters. The maximum Gasteiger partial charge on any atom is 0.266 e. The molecule has 10 heteroatoms. The summed E-state index contributed by atoms with van der Waals surface area (Å²) in [6.45, 7) is 3.50. The van der Waals surface area contributed by atoms with Gasteiger partial charge in [-0.3, -0.25) is 9.10 Å². The van der Waals surface area contributed by atoms with E-state index in [0.717, 1.165) is 16.4 Å². The fourth-order valence-electron chi connectivity index (χ4n) is 2.83. The van der Waals surface area contributed by atoms with E-state index in [1.807, 2.05) is 0 Å². The maximum atomic E-state index is 13.9. The molecular formula is C22H16ClF3N2O3S. The fraction of sp³-hybridized carbons (Fsp3) is 0.0455. The summed E-state index contributed by atoms with van der Waals surface area (Å²) in [5.41, 5.74) is -0.447. The number of amides is 1. The molecule has 32 heavy (non-hydrogen) atoms. The highest BCUT2D eigenvalue weighted by Gasteiger charge is 2.28. The lowest BCUT2D eigenvalue weighted by atomic mass is 10.2. The molecule has 0 saturated heterocycles. The van der Waals surface area contributed by atoms with Crippen molar-refractivity contribution in [2.75, 3.05) is 16.2 Å². The predicted molar refractivity (Wildman–Crippen MR) is 117 cm³/mol. The second kappa shape index (κ2) is 9.46. The summed E-state index contributed by atoms with van der Waals surface area (Å²) in [5, 5.41) is 1.94. The van der Waals surface area contributed by atoms with Crippen LogP contribution in [0.4, 0.5) is 24.5 Å². The molecule has 0 spiro atoms. The molecular weight excluding hydrogens is 465 g/mol. The van der Waals surface area contributed by atoms with Crippen LogP contribution in [0.15, 0.2) is 78.2 Å². The van der Waals surface area contributed by atoms with Crippen molar-refractivity contribution >= 4 is 38.9 Å². The van der Waals surface area contributed by atoms with Gasteiger partial charge in [0.15, 0.2) is 17.5 Å². The van der Waals surface area contributed by atoms with Crippen LogP contribution < -0.4 is 9.62 Å². The van der Waals surface area contributed by atoms with E-state index in [1.54, 1.807) is 30.3 Å². The minimum absolute atomic E-state index is 0.0703. The van der Waals surface area contributed by atoms with E-state index in [9.17, 15) is 26.4 Å². The molecule has 0 fully saturated rings. The van der Waals surface area contributed by atoms with Crippen LogP contribution in [0.25, 0.3) is 0 Å². The van der Waals surface area contributed by atoms with Gasteiger partial charge in [-0.1, -0.05) is 35.9 Å². The molecule has 0 bridgehead atoms. The van der Waals surface area contributed by atoms with Crippen molar-refractivity contribution in [1.82, 2.24) is 0 Å². The number of benzene rings is 3. The average Bonchev–Trinajstić information content (AvgIpc) is 2.78. The fourth-order valence-corrected chi connectivity index (χ4v) is 4.77. The molecule has 0 aliphatic heterocycles. The molecule has 166 valence electrons. The molecule has 3 aromatic carbocycles. The number of carbonyl (C=O) groups is 1. The second-order valence-corrected chi connectivity index (χ2v) is 8.72. The van der Waals surface area contributed by atoms with Gasteiger partial charge in [0, 0.05) is 5.56 Å². The predicted octanol–water partition coefficient (Wildman–Crippen LogP) is 5.39. The normalized spacial score (nSPS) is 11.1. The van der Waals surface area contributed by atoms with E-state index in [4.69, 9.17) is 11.6 Å². The lowest BCUT2D eigenvalue weighted by molar-refractivity contribution is 0.102. The molecule has 1 N–H and O–H groups in total. The topological polar surface area (TPSA) is 66.5 Å². The Kier molecular flexibility index (Phi) is 6.90. The molecule has 1 amide bonds. The molecule has 3 aromatic rings. The van der Waals surface area contributed by atoms with Crippen molar-refractivity contribution < 1.29 is 26.4 Å². The first kappa shape index (κ1) is 23.4. The summed E-state index contributed by atoms with van der Waals surface area (Å²) in [6, 6.07) is 13.1. The quantitative estimate of drug-likeness (QED) is 0.364. The highest BCUT2D eigenvalue weighted by molar-refractivity contribution is 7.93. The van der Waals surface area contributed by atoms with Crippen LogP contribution in [0, 0.1) is 17.5 Å². The number of nitrogens with one attached hydrogen (secondary N) is 1. The zero-order valence-electron chi connectivity index (χ0n) is 16.4. The maximum absolute atomic E-state index is 13.9. The molecule has 0 aliphatic rings. The molecule has 0 aliphatic carbocycles. The van der Waals surface area contributed by atoms with Crippen molar-refractivity contribution in [1.29, 1.82) is 0 Å². The largest absolute Gasteiger partial charge is 0.319 e. The number of carbonyl (C=O) groups excluding carboxylic acids is 1. The zero-order chi connectivity index (χ0) is 23.5. The average molecular weight is 481 g/mol. The lowest BCUT2D eigenvalue weighted by Crippen LogP contribution is -2.31. The van der Waals surface area contributed by atoms with Crippen LogP contribution in [-0.4, -0.2) is 20.9 Å². The number of hydrogen-bond donors (Lipinski definition) is 1. The van der Waals surface area contributed by atoms with Crippen LogP contribution in [0.5, 0.6) is 0 Å². The van der Waals surface area contributed by atoms with Gasteiger partial charge >= 0.3 is 0 Å². The monoisotopic (exact) mass is 480 g/mol. The number of halogens is 4. The number of nitrogens with zero attached hydrogens (tertiary/aromatic N) is 1. The second-order valence-electron chi connectivity index (χ2n) is 6.48. The molecule has 0 radical (unpaired) electrons. The third-order valence-corrected chi connectivity index (χ3v) is 6.66. The summed E-state index contributed by atoms with van der Waals surface area (Å²) in [6.07, 6.45) is 1.39. The Morgan fingerprint density at radius 1 is 1.03 bits per heavy atom. The van der Waals surface area contributed by atoms with E-state index < -0.39 is 39.1 Å². The molecule has 0 heterocycles. The van der Waals surface area contributed by atoms with Gasteiger partial charge < -0.3 is 5.32 Å². The van der Waals surface area contributed by atoms with Crippen molar-refractivity contribution in [3.8, 4) is 0 Å². The number of sulfonamides is 1. The van der Waals surface area contributed by atoms with Crippen LogP contribution in [0.1, 0.15) is 10.4 Å². The summed E-state index contributed by atoms with van der Waals surface area (Å²) in [5.74, 6) is -5.69. The highest BCUT2D eigenvalue weighted by Crippen LogP contribution is 2.30. The molecule has 0 atom stereocenters. The van der Waals surface area contributed by atoms with Gasteiger partial charge in [-0.2, -0.15) is 0 Å².